The zero-order valence-electron chi connectivity index (χ0n) is 21.5. The second-order valence-corrected chi connectivity index (χ2v) is 9.08. The Morgan fingerprint density at radius 2 is 1.57 bits per heavy atom. The summed E-state index contributed by atoms with van der Waals surface area (Å²) in [4.78, 5) is 16.8. The summed E-state index contributed by atoms with van der Waals surface area (Å²) in [5, 5.41) is 0. The number of alkyl halides is 3. The third-order valence-electron chi connectivity index (χ3n) is 5.67. The normalized spacial score (nSPS) is 12.6. The van der Waals surface area contributed by atoms with Crippen LogP contribution in [0.1, 0.15) is 64.3 Å². The fraction of sp³-hybridized carbons (Fsp3) is 0.379. The zero-order valence-corrected chi connectivity index (χ0v) is 21.5. The van der Waals surface area contributed by atoms with Crippen molar-refractivity contribution in [3.63, 3.8) is 0 Å². The van der Waals surface area contributed by atoms with E-state index in [9.17, 15) is 18.0 Å². The topological polar surface area (TPSA) is 57.7 Å². The molecule has 0 spiro atoms. The fourth-order valence-corrected chi connectivity index (χ4v) is 3.67. The molecule has 3 rings (SSSR count). The number of esters is 1. The maximum Gasteiger partial charge on any atom is 0.416 e. The highest BCUT2D eigenvalue weighted by Gasteiger charge is 2.32. The lowest BCUT2D eigenvalue weighted by atomic mass is 10.1. The molecule has 0 N–H and O–H groups in total. The van der Waals surface area contributed by atoms with Crippen LogP contribution in [0.15, 0.2) is 66.7 Å². The molecule has 1 atom stereocenters. The number of hydrogen-bond acceptors (Lipinski definition) is 5. The summed E-state index contributed by atoms with van der Waals surface area (Å²) >= 11 is 0. The summed E-state index contributed by atoms with van der Waals surface area (Å²) in [6.45, 7) is 7.38. The van der Waals surface area contributed by atoms with E-state index in [4.69, 9.17) is 19.2 Å². The van der Waals surface area contributed by atoms with Crippen LogP contribution in [0.2, 0.25) is 0 Å². The average molecular weight is 516 g/mol. The first kappa shape index (κ1) is 28.0. The van der Waals surface area contributed by atoms with E-state index in [1.165, 1.54) is 12.1 Å². The number of unbranched alkanes of at least 4 members (excludes halogenated alkanes) is 1. The van der Waals surface area contributed by atoms with Gasteiger partial charge in [-0.05, 0) is 82.1 Å². The molecule has 198 valence electrons. The Labute approximate surface area is 215 Å². The molecule has 0 saturated heterocycles. The van der Waals surface area contributed by atoms with E-state index in [1.54, 1.807) is 51.1 Å². The molecule has 5 nitrogen and oxygen atoms in total. The fourth-order valence-electron chi connectivity index (χ4n) is 3.67. The van der Waals surface area contributed by atoms with Gasteiger partial charge >= 0.3 is 12.1 Å². The highest BCUT2D eigenvalue weighted by atomic mass is 19.4. The van der Waals surface area contributed by atoms with Crippen molar-refractivity contribution >= 4 is 5.97 Å². The average Bonchev–Trinajstić information content (AvgIpc) is 2.87. The van der Waals surface area contributed by atoms with E-state index in [-0.39, 0.29) is 12.7 Å². The van der Waals surface area contributed by atoms with Crippen LogP contribution in [0, 0.1) is 0 Å². The Kier molecular flexibility index (Phi) is 9.18. The van der Waals surface area contributed by atoms with E-state index in [0.717, 1.165) is 25.0 Å². The number of aromatic nitrogens is 1. The minimum Gasteiger partial charge on any atom is -0.484 e. The number of carbonyl (C=O) groups excluding carboxylic acids is 1. The standard InChI is InChI=1S/C29H32F3NO4/c1-5-7-11-26(36-22-16-18-23(19-17-22)37-28(3,4)27(34)35-6-2)25-10-8-9-24(33-25)20-12-14-21(15-13-20)29(30,31)32/h8-10,12-19,26H,5-7,11H2,1-4H3. The molecule has 0 aliphatic carbocycles. The predicted octanol–water partition coefficient (Wildman–Crippen LogP) is 7.80. The molecular weight excluding hydrogens is 483 g/mol. The second-order valence-electron chi connectivity index (χ2n) is 9.08. The Morgan fingerprint density at radius 1 is 0.919 bits per heavy atom. The van der Waals surface area contributed by atoms with Crippen LogP contribution in [-0.2, 0) is 15.7 Å². The Balaban J connectivity index is 1.78. The van der Waals surface area contributed by atoms with Crippen molar-refractivity contribution in [3.05, 3.63) is 78.0 Å². The van der Waals surface area contributed by atoms with Crippen molar-refractivity contribution in [2.75, 3.05) is 6.61 Å². The maximum absolute atomic E-state index is 12.9. The number of ether oxygens (including phenoxy) is 3. The molecule has 0 aliphatic rings. The molecule has 0 radical (unpaired) electrons. The van der Waals surface area contributed by atoms with Crippen LogP contribution in [0.25, 0.3) is 11.3 Å². The van der Waals surface area contributed by atoms with Crippen molar-refractivity contribution in [1.29, 1.82) is 0 Å². The van der Waals surface area contributed by atoms with E-state index in [1.807, 2.05) is 12.1 Å². The van der Waals surface area contributed by atoms with Crippen molar-refractivity contribution in [2.24, 2.45) is 0 Å². The first-order valence-electron chi connectivity index (χ1n) is 12.3. The van der Waals surface area contributed by atoms with Crippen LogP contribution in [0.4, 0.5) is 13.2 Å². The maximum atomic E-state index is 12.9. The van der Waals surface area contributed by atoms with Gasteiger partial charge in [0, 0.05) is 5.56 Å². The van der Waals surface area contributed by atoms with Gasteiger partial charge in [0.1, 0.15) is 17.6 Å². The van der Waals surface area contributed by atoms with E-state index >= 15 is 0 Å². The summed E-state index contributed by atoms with van der Waals surface area (Å²) in [5.41, 5.74) is 0.0189. The van der Waals surface area contributed by atoms with Gasteiger partial charge in [0.15, 0.2) is 5.60 Å². The number of nitrogens with zero attached hydrogens (tertiary/aromatic N) is 1. The van der Waals surface area contributed by atoms with Gasteiger partial charge in [-0.3, -0.25) is 0 Å². The zero-order chi connectivity index (χ0) is 27.1. The summed E-state index contributed by atoms with van der Waals surface area (Å²) in [6, 6.07) is 17.4. The first-order chi connectivity index (χ1) is 17.5. The van der Waals surface area contributed by atoms with Gasteiger partial charge in [0.05, 0.1) is 23.6 Å². The highest BCUT2D eigenvalue weighted by molar-refractivity contribution is 5.79. The van der Waals surface area contributed by atoms with E-state index < -0.39 is 23.3 Å². The first-order valence-corrected chi connectivity index (χ1v) is 12.3. The summed E-state index contributed by atoms with van der Waals surface area (Å²) in [6.07, 6.45) is -2.15. The third kappa shape index (κ3) is 7.71. The number of pyridine rings is 1. The predicted molar refractivity (Wildman–Crippen MR) is 135 cm³/mol. The van der Waals surface area contributed by atoms with Gasteiger partial charge in [-0.15, -0.1) is 0 Å². The van der Waals surface area contributed by atoms with Crippen molar-refractivity contribution in [3.8, 4) is 22.8 Å². The highest BCUT2D eigenvalue weighted by Crippen LogP contribution is 2.32. The third-order valence-corrected chi connectivity index (χ3v) is 5.67. The van der Waals surface area contributed by atoms with E-state index in [2.05, 4.69) is 6.92 Å². The quantitative estimate of drug-likeness (QED) is 0.244. The minimum atomic E-state index is -4.39. The van der Waals surface area contributed by atoms with Crippen LogP contribution in [-0.4, -0.2) is 23.2 Å². The molecule has 0 bridgehead atoms. The molecule has 0 fully saturated rings. The number of benzene rings is 2. The molecule has 1 unspecified atom stereocenters. The van der Waals surface area contributed by atoms with E-state index in [0.29, 0.717) is 34.9 Å². The molecule has 1 heterocycles. The number of halogens is 3. The number of carbonyl (C=O) groups is 1. The summed E-state index contributed by atoms with van der Waals surface area (Å²) in [5.74, 6) is 0.649. The van der Waals surface area contributed by atoms with Crippen LogP contribution in [0.3, 0.4) is 0 Å². The summed E-state index contributed by atoms with van der Waals surface area (Å²) < 4.78 is 55.9. The molecule has 3 aromatic rings. The minimum absolute atomic E-state index is 0.269. The molecule has 0 amide bonds. The van der Waals surface area contributed by atoms with Gasteiger partial charge in [0.25, 0.3) is 0 Å². The van der Waals surface area contributed by atoms with Gasteiger partial charge < -0.3 is 14.2 Å². The molecular formula is C29H32F3NO4. The largest absolute Gasteiger partial charge is 0.484 e. The number of rotatable bonds is 11. The monoisotopic (exact) mass is 515 g/mol. The van der Waals surface area contributed by atoms with Crippen LogP contribution < -0.4 is 9.47 Å². The van der Waals surface area contributed by atoms with Crippen molar-refractivity contribution < 1.29 is 32.2 Å². The molecule has 0 saturated carbocycles. The van der Waals surface area contributed by atoms with Crippen LogP contribution in [0.5, 0.6) is 11.5 Å². The van der Waals surface area contributed by atoms with Gasteiger partial charge in [0.2, 0.25) is 0 Å². The smallest absolute Gasteiger partial charge is 0.416 e. The lowest BCUT2D eigenvalue weighted by Gasteiger charge is -2.24. The number of hydrogen-bond donors (Lipinski definition) is 0. The summed E-state index contributed by atoms with van der Waals surface area (Å²) in [7, 11) is 0. The molecule has 1 aromatic heterocycles. The lowest BCUT2D eigenvalue weighted by Crippen LogP contribution is -2.39. The second kappa shape index (κ2) is 12.1. The lowest BCUT2D eigenvalue weighted by molar-refractivity contribution is -0.158. The Morgan fingerprint density at radius 3 is 2.16 bits per heavy atom. The van der Waals surface area contributed by atoms with Crippen molar-refractivity contribution in [1.82, 2.24) is 4.98 Å². The Hall–Kier alpha value is -3.55. The molecule has 0 aliphatic heterocycles. The van der Waals surface area contributed by atoms with Crippen LogP contribution >= 0.6 is 0 Å². The van der Waals surface area contributed by atoms with Crippen molar-refractivity contribution in [2.45, 2.75) is 64.8 Å². The van der Waals surface area contributed by atoms with Gasteiger partial charge in [-0.2, -0.15) is 13.2 Å². The van der Waals surface area contributed by atoms with Gasteiger partial charge in [-0.1, -0.05) is 31.5 Å². The van der Waals surface area contributed by atoms with Gasteiger partial charge in [-0.25, -0.2) is 9.78 Å². The molecule has 8 heteroatoms. The molecule has 37 heavy (non-hydrogen) atoms. The molecule has 2 aromatic carbocycles. The SMILES string of the molecule is CCCCC(Oc1ccc(OC(C)(C)C(=O)OCC)cc1)c1cccc(-c2ccc(C(F)(F)F)cc2)n1. The Bertz CT molecular complexity index is 1160.